The normalized spacial score (nSPS) is 10.1. The van der Waals surface area contributed by atoms with Crippen LogP contribution in [0.15, 0.2) is 17.6 Å². The summed E-state index contributed by atoms with van der Waals surface area (Å²) in [5, 5.41) is 0.977. The molecule has 2 nitrogen and oxygen atoms in total. The highest BCUT2D eigenvalue weighted by Crippen LogP contribution is 2.12. The van der Waals surface area contributed by atoms with Crippen LogP contribution in [0.25, 0.3) is 0 Å². The molecule has 1 N–H and O–H groups in total. The maximum absolute atomic E-state index is 5.50. The minimum Gasteiger partial charge on any atom is -0.340 e. The molecule has 0 spiro atoms. The van der Waals surface area contributed by atoms with Crippen LogP contribution in [-0.2, 0) is 0 Å². The molecule has 0 aliphatic heterocycles. The number of hydrogen-bond acceptors (Lipinski definition) is 2. The van der Waals surface area contributed by atoms with Crippen LogP contribution >= 0.6 is 23.4 Å². The van der Waals surface area contributed by atoms with Crippen LogP contribution in [0.4, 0.5) is 0 Å². The van der Waals surface area contributed by atoms with Crippen molar-refractivity contribution in [1.29, 1.82) is 0 Å². The Morgan fingerprint density at radius 1 is 1.70 bits per heavy atom. The summed E-state index contributed by atoms with van der Waals surface area (Å²) in [6, 6.07) is 0. The van der Waals surface area contributed by atoms with Crippen molar-refractivity contribution in [3.8, 4) is 0 Å². The fourth-order valence-electron chi connectivity index (χ4n) is 0.553. The summed E-state index contributed by atoms with van der Waals surface area (Å²) in [6.07, 6.45) is 4.61. The van der Waals surface area contributed by atoms with E-state index in [2.05, 4.69) is 9.97 Å². The van der Waals surface area contributed by atoms with Gasteiger partial charge < -0.3 is 4.98 Å². The Morgan fingerprint density at radius 2 is 2.60 bits per heavy atom. The van der Waals surface area contributed by atoms with E-state index in [1.165, 1.54) is 0 Å². The predicted molar refractivity (Wildman–Crippen MR) is 44.6 cm³/mol. The zero-order chi connectivity index (χ0) is 7.23. The lowest BCUT2D eigenvalue weighted by Gasteiger charge is -1.92. The second kappa shape index (κ2) is 4.63. The van der Waals surface area contributed by atoms with Gasteiger partial charge in [0.2, 0.25) is 0 Å². The first-order chi connectivity index (χ1) is 4.93. The van der Waals surface area contributed by atoms with Gasteiger partial charge in [-0.15, -0.1) is 11.6 Å². The van der Waals surface area contributed by atoms with Crippen LogP contribution in [0.1, 0.15) is 6.42 Å². The third kappa shape index (κ3) is 2.62. The SMILES string of the molecule is ClCCCSc1ncc[nH]1. The molecular weight excluding hydrogens is 168 g/mol. The van der Waals surface area contributed by atoms with Crippen molar-refractivity contribution in [2.24, 2.45) is 0 Å². The van der Waals surface area contributed by atoms with Crippen LogP contribution in [0.3, 0.4) is 0 Å². The highest BCUT2D eigenvalue weighted by atomic mass is 35.5. The summed E-state index contributed by atoms with van der Waals surface area (Å²) in [6.45, 7) is 0. The van der Waals surface area contributed by atoms with Gasteiger partial charge >= 0.3 is 0 Å². The van der Waals surface area contributed by atoms with Gasteiger partial charge in [0.15, 0.2) is 5.16 Å². The number of alkyl halides is 1. The lowest BCUT2D eigenvalue weighted by molar-refractivity contribution is 1.04. The number of nitrogens with one attached hydrogen (secondary N) is 1. The van der Waals surface area contributed by atoms with Crippen LogP contribution in [0.5, 0.6) is 0 Å². The average Bonchev–Trinajstić information content (AvgIpc) is 2.41. The molecule has 1 aromatic rings. The number of imidazole rings is 1. The molecule has 4 heteroatoms. The molecule has 0 fully saturated rings. The van der Waals surface area contributed by atoms with Crippen molar-refractivity contribution in [3.05, 3.63) is 12.4 Å². The van der Waals surface area contributed by atoms with E-state index in [9.17, 15) is 0 Å². The standard InChI is InChI=1S/C6H9ClN2S/c7-2-1-5-10-6-8-3-4-9-6/h3-4H,1-2,5H2,(H,8,9). The molecule has 0 amide bonds. The van der Waals surface area contributed by atoms with Gasteiger partial charge in [0.1, 0.15) is 0 Å². The molecule has 0 aromatic carbocycles. The molecule has 1 rings (SSSR count). The lowest BCUT2D eigenvalue weighted by Crippen LogP contribution is -1.81. The van der Waals surface area contributed by atoms with Crippen molar-refractivity contribution in [2.75, 3.05) is 11.6 Å². The van der Waals surface area contributed by atoms with Gasteiger partial charge in [0.05, 0.1) is 0 Å². The van der Waals surface area contributed by atoms with E-state index >= 15 is 0 Å². The van der Waals surface area contributed by atoms with Crippen LogP contribution in [-0.4, -0.2) is 21.6 Å². The van der Waals surface area contributed by atoms with E-state index in [1.807, 2.05) is 6.20 Å². The van der Waals surface area contributed by atoms with Crippen molar-refractivity contribution in [3.63, 3.8) is 0 Å². The Bertz CT molecular complexity index is 164. The summed E-state index contributed by atoms with van der Waals surface area (Å²) >= 11 is 7.20. The van der Waals surface area contributed by atoms with Crippen molar-refractivity contribution >= 4 is 23.4 Å². The molecule has 56 valence electrons. The van der Waals surface area contributed by atoms with Crippen LogP contribution < -0.4 is 0 Å². The highest BCUT2D eigenvalue weighted by Gasteiger charge is 1.92. The first-order valence-electron chi connectivity index (χ1n) is 3.11. The first kappa shape index (κ1) is 7.95. The smallest absolute Gasteiger partial charge is 0.165 e. The summed E-state index contributed by atoms with van der Waals surface area (Å²) < 4.78 is 0. The summed E-state index contributed by atoms with van der Waals surface area (Å²) in [7, 11) is 0. The highest BCUT2D eigenvalue weighted by molar-refractivity contribution is 7.99. The summed E-state index contributed by atoms with van der Waals surface area (Å²) in [5.74, 6) is 1.77. The van der Waals surface area contributed by atoms with Crippen LogP contribution in [0.2, 0.25) is 0 Å². The largest absolute Gasteiger partial charge is 0.340 e. The Kier molecular flexibility index (Phi) is 3.68. The molecule has 0 unspecified atom stereocenters. The minimum absolute atomic E-state index is 0.730. The minimum atomic E-state index is 0.730. The van der Waals surface area contributed by atoms with E-state index in [4.69, 9.17) is 11.6 Å². The third-order valence-electron chi connectivity index (χ3n) is 0.990. The average molecular weight is 177 g/mol. The molecule has 0 aliphatic rings. The molecule has 0 aliphatic carbocycles. The van der Waals surface area contributed by atoms with Crippen molar-refractivity contribution in [2.45, 2.75) is 11.6 Å². The Hall–Kier alpha value is -0.150. The number of halogens is 1. The van der Waals surface area contributed by atoms with E-state index < -0.39 is 0 Å². The Morgan fingerprint density at radius 3 is 3.20 bits per heavy atom. The van der Waals surface area contributed by atoms with Gasteiger partial charge in [0.25, 0.3) is 0 Å². The molecule has 1 heterocycles. The summed E-state index contributed by atoms with van der Waals surface area (Å²) in [5.41, 5.74) is 0. The second-order valence-electron chi connectivity index (χ2n) is 1.79. The van der Waals surface area contributed by atoms with Gasteiger partial charge in [-0.25, -0.2) is 4.98 Å². The zero-order valence-corrected chi connectivity index (χ0v) is 7.08. The monoisotopic (exact) mass is 176 g/mol. The van der Waals surface area contributed by atoms with E-state index in [1.54, 1.807) is 18.0 Å². The number of nitrogens with zero attached hydrogens (tertiary/aromatic N) is 1. The molecule has 0 atom stereocenters. The number of rotatable bonds is 4. The third-order valence-corrected chi connectivity index (χ3v) is 2.25. The number of thioether (sulfide) groups is 1. The Balaban J connectivity index is 2.15. The fourth-order valence-corrected chi connectivity index (χ4v) is 1.61. The van der Waals surface area contributed by atoms with Gasteiger partial charge in [-0.2, -0.15) is 0 Å². The molecule has 0 bridgehead atoms. The zero-order valence-electron chi connectivity index (χ0n) is 5.51. The first-order valence-corrected chi connectivity index (χ1v) is 4.63. The predicted octanol–water partition coefficient (Wildman–Crippen LogP) is 2.13. The molecule has 0 saturated heterocycles. The van der Waals surface area contributed by atoms with E-state index in [0.717, 1.165) is 23.2 Å². The summed E-state index contributed by atoms with van der Waals surface area (Å²) in [4.78, 5) is 7.06. The van der Waals surface area contributed by atoms with E-state index in [0.29, 0.717) is 0 Å². The molecule has 0 radical (unpaired) electrons. The molecular formula is C6H9ClN2S. The maximum Gasteiger partial charge on any atom is 0.165 e. The van der Waals surface area contributed by atoms with Gasteiger partial charge in [-0.05, 0) is 6.42 Å². The van der Waals surface area contributed by atoms with Gasteiger partial charge in [-0.1, -0.05) is 11.8 Å². The molecule has 0 saturated carbocycles. The quantitative estimate of drug-likeness (QED) is 0.433. The number of hydrogen-bond donors (Lipinski definition) is 1. The van der Waals surface area contributed by atoms with Gasteiger partial charge in [0, 0.05) is 24.0 Å². The molecule has 1 aromatic heterocycles. The second-order valence-corrected chi connectivity index (χ2v) is 3.25. The van der Waals surface area contributed by atoms with E-state index in [-0.39, 0.29) is 0 Å². The number of H-pyrrole nitrogens is 1. The Labute approximate surface area is 69.4 Å². The topological polar surface area (TPSA) is 28.7 Å². The molecule has 10 heavy (non-hydrogen) atoms. The number of aromatic nitrogens is 2. The van der Waals surface area contributed by atoms with Gasteiger partial charge in [-0.3, -0.25) is 0 Å². The fraction of sp³-hybridized carbons (Fsp3) is 0.500. The van der Waals surface area contributed by atoms with Crippen LogP contribution in [0, 0.1) is 0 Å². The maximum atomic E-state index is 5.50. The van der Waals surface area contributed by atoms with Crippen molar-refractivity contribution in [1.82, 2.24) is 9.97 Å². The number of aromatic amines is 1. The van der Waals surface area contributed by atoms with Crippen molar-refractivity contribution < 1.29 is 0 Å². The lowest BCUT2D eigenvalue weighted by atomic mass is 10.6.